The molecular weight excluding hydrogens is 236 g/mol. The number of hydrogen-bond donors (Lipinski definition) is 2. The number of benzene rings is 1. The average molecular weight is 258 g/mol. The largest absolute Gasteiger partial charge is 0.387 e. The Bertz CT molecular complexity index is 572. The van der Waals surface area contributed by atoms with E-state index >= 15 is 0 Å². The van der Waals surface area contributed by atoms with E-state index < -0.39 is 6.10 Å². The summed E-state index contributed by atoms with van der Waals surface area (Å²) in [7, 11) is 0. The van der Waals surface area contributed by atoms with Gasteiger partial charge in [0.05, 0.1) is 11.6 Å². The Hall–Kier alpha value is -1.45. The summed E-state index contributed by atoms with van der Waals surface area (Å²) >= 11 is 0. The normalized spacial score (nSPS) is 13.7. The molecule has 0 bridgehead atoms. The van der Waals surface area contributed by atoms with Crippen molar-refractivity contribution in [3.05, 3.63) is 41.6 Å². The zero-order valence-electron chi connectivity index (χ0n) is 12.1. The predicted molar refractivity (Wildman–Crippen MR) is 79.2 cm³/mol. The molecule has 0 unspecified atom stereocenters. The van der Waals surface area contributed by atoms with E-state index in [-0.39, 0.29) is 5.54 Å². The third-order valence-electron chi connectivity index (χ3n) is 3.13. The van der Waals surface area contributed by atoms with Crippen molar-refractivity contribution in [1.82, 2.24) is 10.3 Å². The summed E-state index contributed by atoms with van der Waals surface area (Å²) < 4.78 is 0. The van der Waals surface area contributed by atoms with Crippen LogP contribution in [0.2, 0.25) is 0 Å². The zero-order chi connectivity index (χ0) is 14.0. The van der Waals surface area contributed by atoms with Crippen molar-refractivity contribution in [2.75, 3.05) is 6.54 Å². The predicted octanol–water partition coefficient (Wildman–Crippen LogP) is 2.96. The molecule has 0 fully saturated rings. The molecule has 0 aliphatic carbocycles. The highest BCUT2D eigenvalue weighted by Gasteiger charge is 2.14. The van der Waals surface area contributed by atoms with Crippen LogP contribution >= 0.6 is 0 Å². The van der Waals surface area contributed by atoms with Gasteiger partial charge in [0.15, 0.2) is 0 Å². The molecule has 0 saturated carbocycles. The molecule has 102 valence electrons. The van der Waals surface area contributed by atoms with Gasteiger partial charge in [-0.2, -0.15) is 0 Å². The van der Waals surface area contributed by atoms with E-state index in [1.807, 2.05) is 31.2 Å². The minimum absolute atomic E-state index is 0.00836. The summed E-state index contributed by atoms with van der Waals surface area (Å²) in [5, 5.41) is 14.7. The van der Waals surface area contributed by atoms with Gasteiger partial charge in [-0.15, -0.1) is 0 Å². The number of β-amino-alcohol motifs (C(OH)–C–C–N with tert-alkyl or cyclic N) is 1. The van der Waals surface area contributed by atoms with Crippen molar-refractivity contribution in [2.45, 2.75) is 39.3 Å². The van der Waals surface area contributed by atoms with Crippen LogP contribution in [0.3, 0.4) is 0 Å². The second-order valence-corrected chi connectivity index (χ2v) is 6.06. The number of pyridine rings is 1. The second-order valence-electron chi connectivity index (χ2n) is 6.06. The first-order valence-electron chi connectivity index (χ1n) is 6.65. The number of rotatable bonds is 3. The Labute approximate surface area is 114 Å². The molecule has 3 heteroatoms. The maximum Gasteiger partial charge on any atom is 0.0914 e. The number of aliphatic hydroxyl groups is 1. The fraction of sp³-hybridized carbons (Fsp3) is 0.438. The summed E-state index contributed by atoms with van der Waals surface area (Å²) in [6.45, 7) is 8.86. The van der Waals surface area contributed by atoms with Gasteiger partial charge in [-0.25, -0.2) is 0 Å². The molecule has 0 amide bonds. The summed E-state index contributed by atoms with van der Waals surface area (Å²) in [6, 6.07) is 7.99. The first-order chi connectivity index (χ1) is 8.87. The van der Waals surface area contributed by atoms with Crippen LogP contribution in [0.15, 0.2) is 30.5 Å². The molecule has 1 heterocycles. The lowest BCUT2D eigenvalue weighted by molar-refractivity contribution is 0.163. The van der Waals surface area contributed by atoms with Gasteiger partial charge in [0.25, 0.3) is 0 Å². The molecule has 1 atom stereocenters. The van der Waals surface area contributed by atoms with Gasteiger partial charge in [0.2, 0.25) is 0 Å². The van der Waals surface area contributed by atoms with E-state index in [1.165, 1.54) is 0 Å². The van der Waals surface area contributed by atoms with Gasteiger partial charge in [-0.05, 0) is 51.0 Å². The number of hydrogen-bond acceptors (Lipinski definition) is 3. The van der Waals surface area contributed by atoms with Gasteiger partial charge in [0, 0.05) is 23.7 Å². The molecule has 2 N–H and O–H groups in total. The van der Waals surface area contributed by atoms with Crippen molar-refractivity contribution in [2.24, 2.45) is 0 Å². The van der Waals surface area contributed by atoms with E-state index in [0.29, 0.717) is 6.54 Å². The zero-order valence-corrected chi connectivity index (χ0v) is 12.1. The number of fused-ring (bicyclic) bond motifs is 1. The molecule has 1 aromatic carbocycles. The van der Waals surface area contributed by atoms with Gasteiger partial charge in [-0.3, -0.25) is 4.98 Å². The highest BCUT2D eigenvalue weighted by molar-refractivity contribution is 5.82. The van der Waals surface area contributed by atoms with Crippen LogP contribution < -0.4 is 5.32 Å². The minimum Gasteiger partial charge on any atom is -0.387 e. The number of nitrogens with zero attached hydrogens (tertiary/aromatic N) is 1. The molecule has 0 radical (unpaired) electrons. The topological polar surface area (TPSA) is 45.1 Å². The lowest BCUT2D eigenvalue weighted by atomic mass is 10.0. The number of aryl methyl sites for hydroxylation is 1. The van der Waals surface area contributed by atoms with Crippen molar-refractivity contribution >= 4 is 10.9 Å². The Kier molecular flexibility index (Phi) is 3.88. The van der Waals surface area contributed by atoms with Crippen LogP contribution in [0, 0.1) is 6.92 Å². The van der Waals surface area contributed by atoms with Crippen molar-refractivity contribution in [3.8, 4) is 0 Å². The molecule has 1 aromatic heterocycles. The number of aromatic nitrogens is 1. The quantitative estimate of drug-likeness (QED) is 0.889. The minimum atomic E-state index is -0.498. The first kappa shape index (κ1) is 14.0. The fourth-order valence-corrected chi connectivity index (χ4v) is 2.12. The van der Waals surface area contributed by atoms with Crippen molar-refractivity contribution < 1.29 is 5.11 Å². The second kappa shape index (κ2) is 5.27. The fourth-order valence-electron chi connectivity index (χ4n) is 2.12. The average Bonchev–Trinajstić information content (AvgIpc) is 2.35. The molecular formula is C16H22N2O. The molecule has 3 nitrogen and oxygen atoms in total. The summed E-state index contributed by atoms with van der Waals surface area (Å²) in [6.07, 6.45) is 1.30. The molecule has 0 aliphatic rings. The molecule has 19 heavy (non-hydrogen) atoms. The lowest BCUT2D eigenvalue weighted by Gasteiger charge is -2.23. The molecule has 0 spiro atoms. The van der Waals surface area contributed by atoms with E-state index in [2.05, 4.69) is 31.1 Å². The maximum absolute atomic E-state index is 10.3. The third-order valence-corrected chi connectivity index (χ3v) is 3.13. The number of nitrogens with one attached hydrogen (secondary N) is 1. The monoisotopic (exact) mass is 258 g/mol. The summed E-state index contributed by atoms with van der Waals surface area (Å²) in [5.41, 5.74) is 3.05. The van der Waals surface area contributed by atoms with Gasteiger partial charge < -0.3 is 10.4 Å². The van der Waals surface area contributed by atoms with Crippen LogP contribution in [-0.2, 0) is 0 Å². The Morgan fingerprint density at radius 1 is 1.32 bits per heavy atom. The Morgan fingerprint density at radius 3 is 2.74 bits per heavy atom. The molecule has 0 saturated heterocycles. The highest BCUT2D eigenvalue weighted by atomic mass is 16.3. The van der Waals surface area contributed by atoms with Crippen LogP contribution in [0.5, 0.6) is 0 Å². The van der Waals surface area contributed by atoms with Crippen LogP contribution in [0.1, 0.15) is 38.0 Å². The lowest BCUT2D eigenvalue weighted by Crippen LogP contribution is -2.38. The highest BCUT2D eigenvalue weighted by Crippen LogP contribution is 2.22. The first-order valence-corrected chi connectivity index (χ1v) is 6.65. The van der Waals surface area contributed by atoms with Gasteiger partial charge in [-0.1, -0.05) is 12.1 Å². The van der Waals surface area contributed by atoms with E-state index in [4.69, 9.17) is 0 Å². The number of aliphatic hydroxyl groups excluding tert-OH is 1. The molecule has 2 aromatic rings. The van der Waals surface area contributed by atoms with Crippen LogP contribution in [0.25, 0.3) is 10.9 Å². The summed E-state index contributed by atoms with van der Waals surface area (Å²) in [4.78, 5) is 4.37. The van der Waals surface area contributed by atoms with E-state index in [9.17, 15) is 5.11 Å². The van der Waals surface area contributed by atoms with Crippen molar-refractivity contribution in [1.29, 1.82) is 0 Å². The maximum atomic E-state index is 10.3. The SMILES string of the molecule is Cc1cc([C@@H](O)CNC(C)(C)C)cc2cccnc12. The van der Waals surface area contributed by atoms with E-state index in [0.717, 1.165) is 22.0 Å². The van der Waals surface area contributed by atoms with Gasteiger partial charge in [0.1, 0.15) is 0 Å². The Morgan fingerprint density at radius 2 is 2.05 bits per heavy atom. The smallest absolute Gasteiger partial charge is 0.0914 e. The van der Waals surface area contributed by atoms with Crippen LogP contribution in [-0.4, -0.2) is 22.2 Å². The standard InChI is InChI=1S/C16H22N2O/c1-11-8-13(14(19)10-18-16(2,3)4)9-12-6-5-7-17-15(11)12/h5-9,14,18-19H,10H2,1-4H3/t14-/m0/s1. The van der Waals surface area contributed by atoms with Crippen LogP contribution in [0.4, 0.5) is 0 Å². The molecule has 2 rings (SSSR count). The summed E-state index contributed by atoms with van der Waals surface area (Å²) in [5.74, 6) is 0. The Balaban J connectivity index is 2.25. The van der Waals surface area contributed by atoms with Gasteiger partial charge >= 0.3 is 0 Å². The van der Waals surface area contributed by atoms with Crippen molar-refractivity contribution in [3.63, 3.8) is 0 Å². The third kappa shape index (κ3) is 3.52. The molecule has 0 aliphatic heterocycles. The van der Waals surface area contributed by atoms with E-state index in [1.54, 1.807) is 6.20 Å².